The number of hydrogen-bond donors (Lipinski definition) is 1. The second-order valence-electron chi connectivity index (χ2n) is 3.84. The maximum atomic E-state index is 11.9. The molecule has 0 aliphatic rings. The van der Waals surface area contributed by atoms with Crippen LogP contribution >= 0.6 is 11.8 Å². The van der Waals surface area contributed by atoms with E-state index < -0.39 is 0 Å². The Bertz CT molecular complexity index is 669. The van der Waals surface area contributed by atoms with E-state index >= 15 is 0 Å². The summed E-state index contributed by atoms with van der Waals surface area (Å²) in [4.78, 5) is 15.4. The van der Waals surface area contributed by atoms with Crippen molar-refractivity contribution in [3.05, 3.63) is 51.8 Å². The third kappa shape index (κ3) is 2.05. The highest BCUT2D eigenvalue weighted by Crippen LogP contribution is 2.28. The van der Waals surface area contributed by atoms with Crippen LogP contribution in [0.15, 0.2) is 40.0 Å². The Morgan fingerprint density at radius 1 is 1.28 bits per heavy atom. The van der Waals surface area contributed by atoms with Gasteiger partial charge in [-0.2, -0.15) is 5.26 Å². The summed E-state index contributed by atoms with van der Waals surface area (Å²) in [6, 6.07) is 11.6. The maximum Gasteiger partial charge on any atom is 0.267 e. The lowest BCUT2D eigenvalue weighted by molar-refractivity contribution is 1.11. The summed E-state index contributed by atoms with van der Waals surface area (Å²) in [6.45, 7) is 1.92. The van der Waals surface area contributed by atoms with E-state index in [-0.39, 0.29) is 11.1 Å². The third-order valence-corrected chi connectivity index (χ3v) is 3.71. The predicted molar refractivity (Wildman–Crippen MR) is 73.7 cm³/mol. The first-order valence-corrected chi connectivity index (χ1v) is 6.68. The highest BCUT2D eigenvalue weighted by atomic mass is 32.2. The number of nitriles is 1. The summed E-state index contributed by atoms with van der Waals surface area (Å²) in [5, 5.41) is 9.03. The fraction of sp³-hybridized carbons (Fsp3) is 0.143. The first-order chi connectivity index (χ1) is 8.69. The Kier molecular flexibility index (Phi) is 3.54. The number of aromatic amines is 1. The molecule has 1 aromatic heterocycles. The van der Waals surface area contributed by atoms with Crippen molar-refractivity contribution in [2.45, 2.75) is 11.8 Å². The van der Waals surface area contributed by atoms with Gasteiger partial charge in [0.25, 0.3) is 5.56 Å². The quantitative estimate of drug-likeness (QED) is 0.840. The van der Waals surface area contributed by atoms with E-state index in [2.05, 4.69) is 4.98 Å². The van der Waals surface area contributed by atoms with Gasteiger partial charge < -0.3 is 4.98 Å². The van der Waals surface area contributed by atoms with Crippen molar-refractivity contribution in [2.75, 3.05) is 6.26 Å². The topological polar surface area (TPSA) is 56.6 Å². The molecule has 2 aromatic rings. The Morgan fingerprint density at radius 2 is 1.94 bits per heavy atom. The van der Waals surface area contributed by atoms with Gasteiger partial charge in [0, 0.05) is 4.90 Å². The molecule has 0 unspecified atom stereocenters. The summed E-state index contributed by atoms with van der Waals surface area (Å²) >= 11 is 1.43. The van der Waals surface area contributed by atoms with Crippen molar-refractivity contribution in [3.63, 3.8) is 0 Å². The minimum Gasteiger partial charge on any atom is -0.320 e. The number of nitrogens with one attached hydrogen (secondary N) is 1. The molecule has 0 spiro atoms. The van der Waals surface area contributed by atoms with E-state index in [9.17, 15) is 4.79 Å². The van der Waals surface area contributed by atoms with Gasteiger partial charge in [0.2, 0.25) is 0 Å². The van der Waals surface area contributed by atoms with Gasteiger partial charge >= 0.3 is 0 Å². The molecule has 1 heterocycles. The Morgan fingerprint density at radius 3 is 2.50 bits per heavy atom. The van der Waals surface area contributed by atoms with Gasteiger partial charge in [-0.1, -0.05) is 30.3 Å². The van der Waals surface area contributed by atoms with Gasteiger partial charge in [-0.05, 0) is 24.3 Å². The van der Waals surface area contributed by atoms with Gasteiger partial charge in [0.1, 0.15) is 11.6 Å². The smallest absolute Gasteiger partial charge is 0.267 e. The van der Waals surface area contributed by atoms with E-state index in [0.29, 0.717) is 0 Å². The lowest BCUT2D eigenvalue weighted by Gasteiger charge is -2.10. The van der Waals surface area contributed by atoms with Gasteiger partial charge in [0.15, 0.2) is 0 Å². The van der Waals surface area contributed by atoms with Crippen molar-refractivity contribution in [2.24, 2.45) is 0 Å². The predicted octanol–water partition coefficient (Wildman–Crippen LogP) is 2.94. The van der Waals surface area contributed by atoms with Crippen molar-refractivity contribution in [1.82, 2.24) is 4.98 Å². The molecular weight excluding hydrogens is 244 g/mol. The van der Waals surface area contributed by atoms with Crippen LogP contribution in [0.4, 0.5) is 0 Å². The Hall–Kier alpha value is -1.99. The SMILES string of the molecule is CSc1c(C)c(-c2ccccc2)[nH]c(=O)c1C#N. The molecule has 18 heavy (non-hydrogen) atoms. The van der Waals surface area contributed by atoms with Gasteiger partial charge in [-0.25, -0.2) is 0 Å². The number of pyridine rings is 1. The van der Waals surface area contributed by atoms with Crippen LogP contribution in [0.5, 0.6) is 0 Å². The van der Waals surface area contributed by atoms with Crippen molar-refractivity contribution < 1.29 is 0 Å². The van der Waals surface area contributed by atoms with E-state index in [1.165, 1.54) is 11.8 Å². The molecule has 0 aliphatic carbocycles. The van der Waals surface area contributed by atoms with Gasteiger partial charge in [-0.15, -0.1) is 11.8 Å². The Balaban J connectivity index is 2.77. The molecule has 3 nitrogen and oxygen atoms in total. The zero-order valence-corrected chi connectivity index (χ0v) is 11.0. The van der Waals surface area contributed by atoms with E-state index in [0.717, 1.165) is 21.7 Å². The molecule has 0 saturated heterocycles. The van der Waals surface area contributed by atoms with Crippen molar-refractivity contribution in [1.29, 1.82) is 5.26 Å². The van der Waals surface area contributed by atoms with Crippen LogP contribution in [0, 0.1) is 18.3 Å². The van der Waals surface area contributed by atoms with Gasteiger partial charge in [0.05, 0.1) is 5.69 Å². The number of H-pyrrole nitrogens is 1. The largest absolute Gasteiger partial charge is 0.320 e. The normalized spacial score (nSPS) is 10.1. The lowest BCUT2D eigenvalue weighted by Crippen LogP contribution is -2.14. The fourth-order valence-corrected chi connectivity index (χ4v) is 2.67. The van der Waals surface area contributed by atoms with Crippen LogP contribution in [-0.4, -0.2) is 11.2 Å². The third-order valence-electron chi connectivity index (χ3n) is 2.79. The maximum absolute atomic E-state index is 11.9. The fourth-order valence-electron chi connectivity index (χ4n) is 1.92. The van der Waals surface area contributed by atoms with E-state index in [1.54, 1.807) is 0 Å². The number of thioether (sulfide) groups is 1. The van der Waals surface area contributed by atoms with Crippen LogP contribution in [-0.2, 0) is 0 Å². The minimum atomic E-state index is -0.327. The average Bonchev–Trinajstić information content (AvgIpc) is 2.41. The van der Waals surface area contributed by atoms with Crippen molar-refractivity contribution in [3.8, 4) is 17.3 Å². The second-order valence-corrected chi connectivity index (χ2v) is 4.66. The zero-order valence-electron chi connectivity index (χ0n) is 10.2. The minimum absolute atomic E-state index is 0.194. The molecule has 1 aromatic carbocycles. The molecule has 0 aliphatic heterocycles. The molecule has 0 amide bonds. The zero-order chi connectivity index (χ0) is 13.1. The summed E-state index contributed by atoms with van der Waals surface area (Å²) in [6.07, 6.45) is 1.87. The standard InChI is InChI=1S/C14H12N2OS/c1-9-12(10-6-4-3-5-7-10)16-14(17)11(8-15)13(9)18-2/h3-7H,1-2H3,(H,16,17). The average molecular weight is 256 g/mol. The molecule has 0 atom stereocenters. The molecule has 0 radical (unpaired) electrons. The van der Waals surface area contributed by atoms with Crippen LogP contribution in [0.25, 0.3) is 11.3 Å². The molecule has 4 heteroatoms. The van der Waals surface area contributed by atoms with Crippen LogP contribution < -0.4 is 5.56 Å². The lowest BCUT2D eigenvalue weighted by atomic mass is 10.1. The highest BCUT2D eigenvalue weighted by molar-refractivity contribution is 7.98. The van der Waals surface area contributed by atoms with E-state index in [1.807, 2.05) is 49.6 Å². The van der Waals surface area contributed by atoms with Crippen molar-refractivity contribution >= 4 is 11.8 Å². The highest BCUT2D eigenvalue weighted by Gasteiger charge is 2.14. The number of aromatic nitrogens is 1. The summed E-state index contributed by atoms with van der Waals surface area (Å²) in [7, 11) is 0. The molecule has 0 saturated carbocycles. The monoisotopic (exact) mass is 256 g/mol. The summed E-state index contributed by atoms with van der Waals surface area (Å²) < 4.78 is 0. The first kappa shape index (κ1) is 12.5. The number of nitrogens with zero attached hydrogens (tertiary/aromatic N) is 1. The van der Waals surface area contributed by atoms with Crippen LogP contribution in [0.1, 0.15) is 11.1 Å². The number of hydrogen-bond acceptors (Lipinski definition) is 3. The molecule has 0 fully saturated rings. The van der Waals surface area contributed by atoms with E-state index in [4.69, 9.17) is 5.26 Å². The molecule has 0 bridgehead atoms. The van der Waals surface area contributed by atoms with Crippen LogP contribution in [0.2, 0.25) is 0 Å². The second kappa shape index (κ2) is 5.11. The first-order valence-electron chi connectivity index (χ1n) is 5.45. The number of benzene rings is 1. The summed E-state index contributed by atoms with van der Waals surface area (Å²) in [5.74, 6) is 0. The van der Waals surface area contributed by atoms with Gasteiger partial charge in [-0.3, -0.25) is 4.79 Å². The Labute approximate surface area is 109 Å². The molecule has 90 valence electrons. The molecular formula is C14H12N2OS. The molecule has 1 N–H and O–H groups in total. The van der Waals surface area contributed by atoms with Crippen LogP contribution in [0.3, 0.4) is 0 Å². The number of rotatable bonds is 2. The molecule has 2 rings (SSSR count). The summed E-state index contributed by atoms with van der Waals surface area (Å²) in [5.41, 5.74) is 2.53.